The predicted octanol–water partition coefficient (Wildman–Crippen LogP) is 1.24. The number of hydrogen-bond acceptors (Lipinski definition) is 3. The van der Waals surface area contributed by atoms with Gasteiger partial charge in [0.05, 0.1) is 6.54 Å². The number of rotatable bonds is 5. The molecule has 0 radical (unpaired) electrons. The maximum absolute atomic E-state index is 8.46. The summed E-state index contributed by atoms with van der Waals surface area (Å²) < 4.78 is 0. The van der Waals surface area contributed by atoms with E-state index in [9.17, 15) is 0 Å². The van der Waals surface area contributed by atoms with Gasteiger partial charge in [0.15, 0.2) is 5.84 Å². The maximum atomic E-state index is 8.46. The summed E-state index contributed by atoms with van der Waals surface area (Å²) in [6.07, 6.45) is 1.07. The van der Waals surface area contributed by atoms with Crippen molar-refractivity contribution in [2.75, 3.05) is 6.54 Å². The van der Waals surface area contributed by atoms with Crippen molar-refractivity contribution in [3.63, 3.8) is 0 Å². The molecular weight excluding hydrogens is 166 g/mol. The minimum absolute atomic E-state index is 0.272. The lowest BCUT2D eigenvalue weighted by atomic mass is 10.1. The summed E-state index contributed by atoms with van der Waals surface area (Å²) >= 11 is 0. The zero-order valence-corrected chi connectivity index (χ0v) is 8.99. The molecule has 0 aliphatic rings. The van der Waals surface area contributed by atoms with E-state index in [0.717, 1.165) is 6.42 Å². The highest BCUT2D eigenvalue weighted by Crippen LogP contribution is 2.07. The smallest absolute Gasteiger partial charge is 0.153 e. The molecule has 0 saturated heterocycles. The molecule has 0 aliphatic heterocycles. The van der Waals surface area contributed by atoms with Gasteiger partial charge in [-0.05, 0) is 27.2 Å². The Kier molecular flexibility index (Phi) is 5.46. The van der Waals surface area contributed by atoms with Gasteiger partial charge in [-0.3, -0.25) is 4.90 Å². The van der Waals surface area contributed by atoms with Crippen molar-refractivity contribution in [3.05, 3.63) is 0 Å². The first kappa shape index (κ1) is 12.2. The van der Waals surface area contributed by atoms with Crippen LogP contribution in [-0.4, -0.2) is 34.6 Å². The Hall–Kier alpha value is -0.770. The van der Waals surface area contributed by atoms with Crippen LogP contribution in [0.1, 0.15) is 34.1 Å². The van der Waals surface area contributed by atoms with E-state index in [1.165, 1.54) is 0 Å². The quantitative estimate of drug-likeness (QED) is 0.294. The van der Waals surface area contributed by atoms with Gasteiger partial charge in [-0.25, -0.2) is 0 Å². The third-order valence-corrected chi connectivity index (χ3v) is 2.29. The molecular formula is C9H21N3O. The van der Waals surface area contributed by atoms with Gasteiger partial charge in [-0.15, -0.1) is 0 Å². The third kappa shape index (κ3) is 4.12. The molecule has 0 fully saturated rings. The predicted molar refractivity (Wildman–Crippen MR) is 55.0 cm³/mol. The highest BCUT2D eigenvalue weighted by Gasteiger charge is 2.16. The molecule has 0 amide bonds. The Balaban J connectivity index is 4.26. The topological polar surface area (TPSA) is 61.8 Å². The molecule has 1 unspecified atom stereocenters. The molecule has 0 bridgehead atoms. The second kappa shape index (κ2) is 5.80. The fourth-order valence-corrected chi connectivity index (χ4v) is 1.30. The molecule has 3 N–H and O–H groups in total. The number of amidine groups is 1. The monoisotopic (exact) mass is 187 g/mol. The van der Waals surface area contributed by atoms with Crippen LogP contribution >= 0.6 is 0 Å². The zero-order valence-electron chi connectivity index (χ0n) is 8.99. The van der Waals surface area contributed by atoms with Crippen molar-refractivity contribution >= 4 is 5.84 Å². The Morgan fingerprint density at radius 3 is 2.31 bits per heavy atom. The van der Waals surface area contributed by atoms with Crippen molar-refractivity contribution in [3.8, 4) is 0 Å². The number of nitrogens with two attached hydrogens (primary N) is 1. The molecule has 0 aromatic heterocycles. The highest BCUT2D eigenvalue weighted by molar-refractivity contribution is 5.81. The lowest BCUT2D eigenvalue weighted by Crippen LogP contribution is -2.43. The van der Waals surface area contributed by atoms with Crippen LogP contribution in [0, 0.1) is 0 Å². The summed E-state index contributed by atoms with van der Waals surface area (Å²) in [7, 11) is 0. The maximum Gasteiger partial charge on any atom is 0.153 e. The normalized spacial score (nSPS) is 15.4. The summed E-state index contributed by atoms with van der Waals surface area (Å²) in [4.78, 5) is 2.20. The standard InChI is InChI=1S/C9H21N3O/c1-5-8(4)12(7(2)3)6-9(10)11-13/h7-8,13H,5-6H2,1-4H3,(H2,10,11). The van der Waals surface area contributed by atoms with Crippen molar-refractivity contribution in [1.29, 1.82) is 0 Å². The first-order chi connectivity index (χ1) is 6.02. The van der Waals surface area contributed by atoms with Gasteiger partial charge >= 0.3 is 0 Å². The summed E-state index contributed by atoms with van der Waals surface area (Å²) in [6, 6.07) is 0.871. The fourth-order valence-electron chi connectivity index (χ4n) is 1.30. The van der Waals surface area contributed by atoms with E-state index in [-0.39, 0.29) is 5.84 Å². The molecule has 0 spiro atoms. The Labute approximate surface area is 80.4 Å². The van der Waals surface area contributed by atoms with E-state index in [4.69, 9.17) is 10.9 Å². The number of nitrogens with zero attached hydrogens (tertiary/aromatic N) is 2. The van der Waals surface area contributed by atoms with Gasteiger partial charge in [0, 0.05) is 12.1 Å². The van der Waals surface area contributed by atoms with Crippen LogP contribution in [-0.2, 0) is 0 Å². The van der Waals surface area contributed by atoms with Crippen molar-refractivity contribution in [1.82, 2.24) is 4.90 Å². The van der Waals surface area contributed by atoms with Gasteiger partial charge in [0.25, 0.3) is 0 Å². The lowest BCUT2D eigenvalue weighted by molar-refractivity contribution is 0.183. The molecule has 0 rings (SSSR count). The number of hydrogen-bond donors (Lipinski definition) is 2. The Morgan fingerprint density at radius 2 is 2.00 bits per heavy atom. The zero-order chi connectivity index (χ0) is 10.4. The van der Waals surface area contributed by atoms with Gasteiger partial charge in [0.2, 0.25) is 0 Å². The molecule has 4 nitrogen and oxygen atoms in total. The molecule has 0 heterocycles. The van der Waals surface area contributed by atoms with Crippen LogP contribution in [0.5, 0.6) is 0 Å². The van der Waals surface area contributed by atoms with Gasteiger partial charge < -0.3 is 10.9 Å². The van der Waals surface area contributed by atoms with Gasteiger partial charge in [0.1, 0.15) is 0 Å². The Bertz CT molecular complexity index is 168. The summed E-state index contributed by atoms with van der Waals surface area (Å²) in [5.41, 5.74) is 5.46. The fraction of sp³-hybridized carbons (Fsp3) is 0.889. The van der Waals surface area contributed by atoms with E-state index in [0.29, 0.717) is 18.6 Å². The van der Waals surface area contributed by atoms with Gasteiger partial charge in [-0.1, -0.05) is 12.1 Å². The van der Waals surface area contributed by atoms with E-state index < -0.39 is 0 Å². The second-order valence-corrected chi connectivity index (χ2v) is 3.61. The van der Waals surface area contributed by atoms with E-state index >= 15 is 0 Å². The van der Waals surface area contributed by atoms with E-state index in [1.54, 1.807) is 0 Å². The molecule has 0 aliphatic carbocycles. The molecule has 13 heavy (non-hydrogen) atoms. The third-order valence-electron chi connectivity index (χ3n) is 2.29. The van der Waals surface area contributed by atoms with Crippen LogP contribution in [0.4, 0.5) is 0 Å². The highest BCUT2D eigenvalue weighted by atomic mass is 16.4. The minimum atomic E-state index is 0.272. The summed E-state index contributed by atoms with van der Waals surface area (Å²) in [5, 5.41) is 11.4. The molecule has 78 valence electrons. The Morgan fingerprint density at radius 1 is 1.46 bits per heavy atom. The van der Waals surface area contributed by atoms with Crippen LogP contribution in [0.15, 0.2) is 5.16 Å². The SMILES string of the molecule is CCC(C)N(CC(N)=NO)C(C)C. The van der Waals surface area contributed by atoms with Gasteiger partial charge in [-0.2, -0.15) is 0 Å². The average molecular weight is 187 g/mol. The first-order valence-corrected chi connectivity index (χ1v) is 4.75. The summed E-state index contributed by atoms with van der Waals surface area (Å²) in [5.74, 6) is 0.272. The molecule has 4 heteroatoms. The minimum Gasteiger partial charge on any atom is -0.409 e. The molecule has 1 atom stereocenters. The largest absolute Gasteiger partial charge is 0.409 e. The molecule has 0 aromatic carbocycles. The second-order valence-electron chi connectivity index (χ2n) is 3.61. The van der Waals surface area contributed by atoms with Crippen LogP contribution in [0.2, 0.25) is 0 Å². The lowest BCUT2D eigenvalue weighted by Gasteiger charge is -2.31. The number of oxime groups is 1. The van der Waals surface area contributed by atoms with E-state index in [1.807, 2.05) is 0 Å². The molecule has 0 aromatic rings. The van der Waals surface area contributed by atoms with Crippen LogP contribution < -0.4 is 5.73 Å². The van der Waals surface area contributed by atoms with Crippen LogP contribution in [0.25, 0.3) is 0 Å². The van der Waals surface area contributed by atoms with Crippen LogP contribution in [0.3, 0.4) is 0 Å². The van der Waals surface area contributed by atoms with Crippen molar-refractivity contribution in [2.24, 2.45) is 10.9 Å². The first-order valence-electron chi connectivity index (χ1n) is 4.75. The molecule has 0 saturated carbocycles. The average Bonchev–Trinajstić information content (AvgIpc) is 2.11. The van der Waals surface area contributed by atoms with Crippen molar-refractivity contribution in [2.45, 2.75) is 46.2 Å². The summed E-state index contributed by atoms with van der Waals surface area (Å²) in [6.45, 7) is 9.02. The van der Waals surface area contributed by atoms with E-state index in [2.05, 4.69) is 37.8 Å². The van der Waals surface area contributed by atoms with Crippen molar-refractivity contribution < 1.29 is 5.21 Å².